The first-order valence-corrected chi connectivity index (χ1v) is 4.04. The summed E-state index contributed by atoms with van der Waals surface area (Å²) in [6.07, 6.45) is 0.251. The molecule has 0 bridgehead atoms. The summed E-state index contributed by atoms with van der Waals surface area (Å²) >= 11 is 0. The van der Waals surface area contributed by atoms with Gasteiger partial charge in [-0.1, -0.05) is 6.58 Å². The van der Waals surface area contributed by atoms with Gasteiger partial charge in [-0.05, 0) is 20.3 Å². The minimum atomic E-state index is -0.356. The summed E-state index contributed by atoms with van der Waals surface area (Å²) in [5.74, 6) is -0.0596. The Morgan fingerprint density at radius 2 is 2.17 bits per heavy atom. The molecule has 12 heavy (non-hydrogen) atoms. The Kier molecular flexibility index (Phi) is 4.59. The van der Waals surface area contributed by atoms with Crippen molar-refractivity contribution in [2.75, 3.05) is 13.6 Å². The number of amides is 1. The summed E-state index contributed by atoms with van der Waals surface area (Å²) in [5.41, 5.74) is 0.531. The molecule has 0 aromatic heterocycles. The molecule has 0 aromatic rings. The minimum Gasteiger partial charge on any atom is -0.393 e. The van der Waals surface area contributed by atoms with Crippen LogP contribution in [0, 0.1) is 0 Å². The van der Waals surface area contributed by atoms with Gasteiger partial charge in [-0.2, -0.15) is 0 Å². The van der Waals surface area contributed by atoms with E-state index in [-0.39, 0.29) is 12.0 Å². The Morgan fingerprint density at radius 1 is 1.67 bits per heavy atom. The second-order valence-electron chi connectivity index (χ2n) is 3.14. The molecule has 1 unspecified atom stereocenters. The first kappa shape index (κ1) is 11.2. The van der Waals surface area contributed by atoms with Crippen LogP contribution < -0.4 is 0 Å². The highest BCUT2D eigenvalue weighted by Gasteiger charge is 2.09. The largest absolute Gasteiger partial charge is 0.393 e. The molecule has 0 radical (unpaired) electrons. The molecule has 70 valence electrons. The number of rotatable bonds is 4. The number of hydrogen-bond acceptors (Lipinski definition) is 2. The van der Waals surface area contributed by atoms with Crippen LogP contribution in [0.4, 0.5) is 0 Å². The van der Waals surface area contributed by atoms with Crippen molar-refractivity contribution >= 4 is 5.91 Å². The number of aliphatic hydroxyl groups is 1. The molecule has 0 aromatic carbocycles. The highest BCUT2D eigenvalue weighted by Crippen LogP contribution is 1.98. The standard InChI is InChI=1S/C9H17NO2/c1-7(2)9(12)10(4)6-5-8(3)11/h8,11H,1,5-6H2,2-4H3. The summed E-state index contributed by atoms with van der Waals surface area (Å²) in [5, 5.41) is 8.96. The molecule has 0 saturated carbocycles. The van der Waals surface area contributed by atoms with Gasteiger partial charge in [0.05, 0.1) is 6.10 Å². The molecule has 3 heteroatoms. The summed E-state index contributed by atoms with van der Waals surface area (Å²) in [6, 6.07) is 0. The molecular weight excluding hydrogens is 154 g/mol. The second-order valence-corrected chi connectivity index (χ2v) is 3.14. The van der Waals surface area contributed by atoms with Gasteiger partial charge >= 0.3 is 0 Å². The molecule has 1 atom stereocenters. The van der Waals surface area contributed by atoms with E-state index in [0.717, 1.165) is 0 Å². The van der Waals surface area contributed by atoms with Crippen LogP contribution in [-0.2, 0) is 4.79 Å². The van der Waals surface area contributed by atoms with Gasteiger partial charge in [-0.3, -0.25) is 4.79 Å². The molecule has 0 saturated heterocycles. The van der Waals surface area contributed by atoms with E-state index in [1.165, 1.54) is 0 Å². The van der Waals surface area contributed by atoms with Crippen molar-refractivity contribution in [2.24, 2.45) is 0 Å². The van der Waals surface area contributed by atoms with Gasteiger partial charge in [0, 0.05) is 19.2 Å². The third kappa shape index (κ3) is 4.13. The van der Waals surface area contributed by atoms with Crippen LogP contribution in [0.1, 0.15) is 20.3 Å². The molecule has 0 aliphatic carbocycles. The van der Waals surface area contributed by atoms with E-state index in [0.29, 0.717) is 18.5 Å². The summed E-state index contributed by atoms with van der Waals surface area (Å²) in [6.45, 7) is 7.51. The van der Waals surface area contributed by atoms with Crippen molar-refractivity contribution in [3.63, 3.8) is 0 Å². The number of likely N-dealkylation sites (N-methyl/N-ethyl adjacent to an activating group) is 1. The molecule has 0 spiro atoms. The Hall–Kier alpha value is -0.830. The van der Waals surface area contributed by atoms with Crippen molar-refractivity contribution in [3.8, 4) is 0 Å². The minimum absolute atomic E-state index is 0.0596. The normalized spacial score (nSPS) is 12.3. The fourth-order valence-corrected chi connectivity index (χ4v) is 0.808. The van der Waals surface area contributed by atoms with Gasteiger partial charge in [0.2, 0.25) is 5.91 Å². The van der Waals surface area contributed by atoms with Gasteiger partial charge < -0.3 is 10.0 Å². The maximum atomic E-state index is 11.2. The molecule has 3 nitrogen and oxygen atoms in total. The van der Waals surface area contributed by atoms with Crippen LogP contribution in [0.25, 0.3) is 0 Å². The van der Waals surface area contributed by atoms with Crippen molar-refractivity contribution in [2.45, 2.75) is 26.4 Å². The van der Waals surface area contributed by atoms with Gasteiger partial charge in [0.15, 0.2) is 0 Å². The molecule has 0 heterocycles. The zero-order valence-corrected chi connectivity index (χ0v) is 8.00. The Bertz CT molecular complexity index is 175. The zero-order valence-electron chi connectivity index (χ0n) is 8.00. The van der Waals surface area contributed by atoms with Crippen molar-refractivity contribution in [3.05, 3.63) is 12.2 Å². The Balaban J connectivity index is 3.80. The van der Waals surface area contributed by atoms with E-state index in [1.54, 1.807) is 25.8 Å². The second kappa shape index (κ2) is 4.93. The lowest BCUT2D eigenvalue weighted by Gasteiger charge is -2.17. The van der Waals surface area contributed by atoms with E-state index in [4.69, 9.17) is 5.11 Å². The summed E-state index contributed by atoms with van der Waals surface area (Å²) in [7, 11) is 1.71. The van der Waals surface area contributed by atoms with E-state index >= 15 is 0 Å². The number of aliphatic hydroxyl groups excluding tert-OH is 1. The van der Waals surface area contributed by atoms with Crippen molar-refractivity contribution in [1.29, 1.82) is 0 Å². The van der Waals surface area contributed by atoms with Gasteiger partial charge in [0.25, 0.3) is 0 Å². The number of nitrogens with zero attached hydrogens (tertiary/aromatic N) is 1. The topological polar surface area (TPSA) is 40.5 Å². The molecule has 0 fully saturated rings. The number of carbonyl (C=O) groups excluding carboxylic acids is 1. The quantitative estimate of drug-likeness (QED) is 0.635. The Labute approximate surface area is 73.7 Å². The maximum absolute atomic E-state index is 11.2. The van der Waals surface area contributed by atoms with Crippen molar-refractivity contribution in [1.82, 2.24) is 4.90 Å². The monoisotopic (exact) mass is 171 g/mol. The van der Waals surface area contributed by atoms with Gasteiger partial charge in [0.1, 0.15) is 0 Å². The molecule has 0 aliphatic rings. The predicted octanol–water partition coefficient (Wildman–Crippen LogP) is 0.792. The zero-order chi connectivity index (χ0) is 9.72. The average Bonchev–Trinajstić information content (AvgIpc) is 1.98. The molecule has 0 aliphatic heterocycles. The third-order valence-electron chi connectivity index (χ3n) is 1.59. The average molecular weight is 171 g/mol. The first-order valence-electron chi connectivity index (χ1n) is 4.04. The lowest BCUT2D eigenvalue weighted by Crippen LogP contribution is -2.29. The van der Waals surface area contributed by atoms with Crippen LogP contribution in [0.3, 0.4) is 0 Å². The molecule has 0 rings (SSSR count). The van der Waals surface area contributed by atoms with E-state index in [1.807, 2.05) is 0 Å². The van der Waals surface area contributed by atoms with Crippen molar-refractivity contribution < 1.29 is 9.90 Å². The Morgan fingerprint density at radius 3 is 2.50 bits per heavy atom. The molecule has 1 N–H and O–H groups in total. The summed E-state index contributed by atoms with van der Waals surface area (Å²) < 4.78 is 0. The number of hydrogen-bond donors (Lipinski definition) is 1. The SMILES string of the molecule is C=C(C)C(=O)N(C)CCC(C)O. The van der Waals surface area contributed by atoms with Crippen LogP contribution in [-0.4, -0.2) is 35.6 Å². The van der Waals surface area contributed by atoms with E-state index in [2.05, 4.69) is 6.58 Å². The highest BCUT2D eigenvalue weighted by atomic mass is 16.3. The fourth-order valence-electron chi connectivity index (χ4n) is 0.808. The third-order valence-corrected chi connectivity index (χ3v) is 1.59. The molecular formula is C9H17NO2. The van der Waals surface area contributed by atoms with Crippen LogP contribution in [0.15, 0.2) is 12.2 Å². The van der Waals surface area contributed by atoms with Crippen LogP contribution >= 0.6 is 0 Å². The van der Waals surface area contributed by atoms with E-state index in [9.17, 15) is 4.79 Å². The lowest BCUT2D eigenvalue weighted by atomic mass is 10.2. The van der Waals surface area contributed by atoms with Gasteiger partial charge in [-0.15, -0.1) is 0 Å². The molecule has 1 amide bonds. The predicted molar refractivity (Wildman–Crippen MR) is 48.7 cm³/mol. The smallest absolute Gasteiger partial charge is 0.248 e. The first-order chi connectivity index (χ1) is 5.45. The maximum Gasteiger partial charge on any atom is 0.248 e. The summed E-state index contributed by atoms with van der Waals surface area (Å²) in [4.78, 5) is 12.8. The highest BCUT2D eigenvalue weighted by molar-refractivity contribution is 5.91. The van der Waals surface area contributed by atoms with Crippen LogP contribution in [0.5, 0.6) is 0 Å². The van der Waals surface area contributed by atoms with Gasteiger partial charge in [-0.25, -0.2) is 0 Å². The van der Waals surface area contributed by atoms with E-state index < -0.39 is 0 Å². The fraction of sp³-hybridized carbons (Fsp3) is 0.667. The van der Waals surface area contributed by atoms with Crippen LogP contribution in [0.2, 0.25) is 0 Å². The lowest BCUT2D eigenvalue weighted by molar-refractivity contribution is -0.126. The number of carbonyl (C=O) groups is 1.